The Bertz CT molecular complexity index is 203. The molecule has 0 saturated carbocycles. The number of hydrogen-bond acceptors (Lipinski definition) is 2. The number of hydrogen-bond donors (Lipinski definition) is 1. The fourth-order valence-electron chi connectivity index (χ4n) is 2.90. The third-order valence-corrected chi connectivity index (χ3v) is 4.19. The van der Waals surface area contributed by atoms with E-state index in [1.54, 1.807) is 0 Å². The van der Waals surface area contributed by atoms with Gasteiger partial charge in [0.2, 0.25) is 0 Å². The van der Waals surface area contributed by atoms with Crippen LogP contribution in [0.3, 0.4) is 0 Å². The molecule has 1 aliphatic heterocycles. The van der Waals surface area contributed by atoms with E-state index < -0.39 is 0 Å². The Kier molecular flexibility index (Phi) is 6.50. The Hall–Kier alpha value is -0.0800. The lowest BCUT2D eigenvalue weighted by Gasteiger charge is -2.40. The number of nitrogens with zero attached hydrogens (tertiary/aromatic N) is 1. The van der Waals surface area contributed by atoms with Crippen LogP contribution in [0, 0.1) is 11.8 Å². The zero-order chi connectivity index (χ0) is 12.8. The molecule has 3 unspecified atom stereocenters. The zero-order valence-electron chi connectivity index (χ0n) is 12.5. The minimum atomic E-state index is 0.744. The van der Waals surface area contributed by atoms with Crippen molar-refractivity contribution in [2.75, 3.05) is 19.6 Å². The molecule has 0 amide bonds. The lowest BCUT2D eigenvalue weighted by Crippen LogP contribution is -2.50. The molecule has 102 valence electrons. The molecular weight excluding hydrogens is 208 g/mol. The Balaban J connectivity index is 2.32. The minimum absolute atomic E-state index is 0.744. The van der Waals surface area contributed by atoms with E-state index in [2.05, 4.69) is 44.8 Å². The van der Waals surface area contributed by atoms with Crippen molar-refractivity contribution in [1.82, 2.24) is 10.2 Å². The Labute approximate surface area is 108 Å². The second-order valence-electron chi connectivity index (χ2n) is 6.25. The first-order valence-corrected chi connectivity index (χ1v) is 7.52. The van der Waals surface area contributed by atoms with Gasteiger partial charge in [-0.3, -0.25) is 0 Å². The van der Waals surface area contributed by atoms with E-state index in [0.29, 0.717) is 0 Å². The summed E-state index contributed by atoms with van der Waals surface area (Å²) in [5.41, 5.74) is 0. The van der Waals surface area contributed by atoms with Gasteiger partial charge >= 0.3 is 0 Å². The highest BCUT2D eigenvalue weighted by atomic mass is 15.2. The molecule has 1 heterocycles. The highest BCUT2D eigenvalue weighted by Crippen LogP contribution is 2.21. The van der Waals surface area contributed by atoms with Gasteiger partial charge in [-0.05, 0) is 51.1 Å². The van der Waals surface area contributed by atoms with Gasteiger partial charge in [0.15, 0.2) is 0 Å². The summed E-state index contributed by atoms with van der Waals surface area (Å²) in [5.74, 6) is 1.64. The molecule has 2 heteroatoms. The minimum Gasteiger partial charge on any atom is -0.314 e. The van der Waals surface area contributed by atoms with Gasteiger partial charge in [0.05, 0.1) is 0 Å². The molecule has 0 aromatic carbocycles. The summed E-state index contributed by atoms with van der Waals surface area (Å²) in [6, 6.07) is 1.51. The van der Waals surface area contributed by atoms with E-state index in [1.807, 2.05) is 0 Å². The molecule has 0 aliphatic carbocycles. The van der Waals surface area contributed by atoms with E-state index >= 15 is 0 Å². The molecule has 0 spiro atoms. The molecule has 17 heavy (non-hydrogen) atoms. The van der Waals surface area contributed by atoms with Gasteiger partial charge in [-0.1, -0.05) is 27.7 Å². The maximum atomic E-state index is 3.62. The summed E-state index contributed by atoms with van der Waals surface area (Å²) in [6.07, 6.45) is 4.04. The number of likely N-dealkylation sites (tertiary alicyclic amines) is 1. The van der Waals surface area contributed by atoms with Gasteiger partial charge in [0, 0.05) is 18.6 Å². The normalized spacial score (nSPS) is 28.6. The van der Waals surface area contributed by atoms with E-state index in [-0.39, 0.29) is 0 Å². The quantitative estimate of drug-likeness (QED) is 0.767. The fraction of sp³-hybridized carbons (Fsp3) is 1.00. The van der Waals surface area contributed by atoms with Crippen molar-refractivity contribution in [3.05, 3.63) is 0 Å². The standard InChI is InChI=1S/C15H32N2/c1-6-16-15-9-10-17(11-13(15)4)14(5)8-7-12(2)3/h12-16H,6-11H2,1-5H3. The van der Waals surface area contributed by atoms with E-state index in [1.165, 1.54) is 32.4 Å². The van der Waals surface area contributed by atoms with Crippen LogP contribution in [0.2, 0.25) is 0 Å². The van der Waals surface area contributed by atoms with E-state index in [9.17, 15) is 0 Å². The Morgan fingerprint density at radius 3 is 2.47 bits per heavy atom. The van der Waals surface area contributed by atoms with Gasteiger partial charge in [0.25, 0.3) is 0 Å². The van der Waals surface area contributed by atoms with Gasteiger partial charge in [-0.25, -0.2) is 0 Å². The zero-order valence-corrected chi connectivity index (χ0v) is 12.5. The Morgan fingerprint density at radius 1 is 1.24 bits per heavy atom. The van der Waals surface area contributed by atoms with Crippen molar-refractivity contribution in [2.45, 2.75) is 66.0 Å². The third-order valence-electron chi connectivity index (χ3n) is 4.19. The maximum Gasteiger partial charge on any atom is 0.0117 e. The molecular formula is C15H32N2. The molecule has 1 saturated heterocycles. The molecule has 1 aliphatic rings. The topological polar surface area (TPSA) is 15.3 Å². The van der Waals surface area contributed by atoms with Crippen molar-refractivity contribution in [3.8, 4) is 0 Å². The summed E-state index contributed by atoms with van der Waals surface area (Å²) < 4.78 is 0. The molecule has 2 nitrogen and oxygen atoms in total. The molecule has 0 bridgehead atoms. The van der Waals surface area contributed by atoms with Crippen LogP contribution in [0.5, 0.6) is 0 Å². The van der Waals surface area contributed by atoms with Crippen molar-refractivity contribution in [2.24, 2.45) is 11.8 Å². The highest BCUT2D eigenvalue weighted by molar-refractivity contribution is 4.84. The second kappa shape index (κ2) is 7.38. The van der Waals surface area contributed by atoms with Crippen LogP contribution in [-0.4, -0.2) is 36.6 Å². The van der Waals surface area contributed by atoms with Crippen LogP contribution in [0.15, 0.2) is 0 Å². The van der Waals surface area contributed by atoms with E-state index in [4.69, 9.17) is 0 Å². The van der Waals surface area contributed by atoms with Crippen molar-refractivity contribution >= 4 is 0 Å². The van der Waals surface area contributed by atoms with Crippen LogP contribution in [-0.2, 0) is 0 Å². The average molecular weight is 240 g/mol. The molecule has 3 atom stereocenters. The monoisotopic (exact) mass is 240 g/mol. The average Bonchev–Trinajstić information content (AvgIpc) is 2.28. The largest absolute Gasteiger partial charge is 0.314 e. The number of nitrogens with one attached hydrogen (secondary N) is 1. The first-order chi connectivity index (χ1) is 8.04. The van der Waals surface area contributed by atoms with Crippen LogP contribution in [0.1, 0.15) is 53.9 Å². The molecule has 0 aromatic rings. The summed E-state index contributed by atoms with van der Waals surface area (Å²) in [5, 5.41) is 3.62. The number of piperidine rings is 1. The summed E-state index contributed by atoms with van der Waals surface area (Å²) >= 11 is 0. The number of rotatable bonds is 6. The maximum absolute atomic E-state index is 3.62. The molecule has 1 N–H and O–H groups in total. The summed E-state index contributed by atoms with van der Waals surface area (Å²) in [4.78, 5) is 2.70. The van der Waals surface area contributed by atoms with Crippen molar-refractivity contribution in [1.29, 1.82) is 0 Å². The fourth-order valence-corrected chi connectivity index (χ4v) is 2.90. The van der Waals surface area contributed by atoms with Gasteiger partial charge in [-0.15, -0.1) is 0 Å². The van der Waals surface area contributed by atoms with Crippen LogP contribution in [0.4, 0.5) is 0 Å². The lowest BCUT2D eigenvalue weighted by atomic mass is 9.92. The Morgan fingerprint density at radius 2 is 1.94 bits per heavy atom. The molecule has 1 rings (SSSR count). The van der Waals surface area contributed by atoms with Crippen LogP contribution in [0.25, 0.3) is 0 Å². The summed E-state index contributed by atoms with van der Waals surface area (Å²) in [7, 11) is 0. The lowest BCUT2D eigenvalue weighted by molar-refractivity contribution is 0.105. The highest BCUT2D eigenvalue weighted by Gasteiger charge is 2.27. The van der Waals surface area contributed by atoms with Crippen molar-refractivity contribution < 1.29 is 0 Å². The first-order valence-electron chi connectivity index (χ1n) is 7.52. The third kappa shape index (κ3) is 4.97. The molecule has 0 aromatic heterocycles. The van der Waals surface area contributed by atoms with Crippen LogP contribution < -0.4 is 5.32 Å². The first kappa shape index (κ1) is 15.0. The van der Waals surface area contributed by atoms with Gasteiger partial charge in [0.1, 0.15) is 0 Å². The predicted molar refractivity (Wildman–Crippen MR) is 76.4 cm³/mol. The van der Waals surface area contributed by atoms with Crippen LogP contribution >= 0.6 is 0 Å². The van der Waals surface area contributed by atoms with Gasteiger partial charge in [-0.2, -0.15) is 0 Å². The van der Waals surface area contributed by atoms with Gasteiger partial charge < -0.3 is 10.2 Å². The van der Waals surface area contributed by atoms with E-state index in [0.717, 1.165) is 30.5 Å². The summed E-state index contributed by atoms with van der Waals surface area (Å²) in [6.45, 7) is 15.3. The molecule has 1 fully saturated rings. The smallest absolute Gasteiger partial charge is 0.0117 e. The SMILES string of the molecule is CCNC1CCN(C(C)CCC(C)C)CC1C. The second-order valence-corrected chi connectivity index (χ2v) is 6.25. The van der Waals surface area contributed by atoms with Crippen molar-refractivity contribution in [3.63, 3.8) is 0 Å². The predicted octanol–water partition coefficient (Wildman–Crippen LogP) is 3.13. The molecule has 0 radical (unpaired) electrons.